The average molecular weight is 441 g/mol. The van der Waals surface area contributed by atoms with E-state index in [1.54, 1.807) is 7.11 Å². The number of benzene rings is 2. The third kappa shape index (κ3) is 4.04. The Balaban J connectivity index is 1.38. The molecular weight excluding hydrogens is 420 g/mol. The number of aromatic nitrogens is 2. The van der Waals surface area contributed by atoms with Crippen LogP contribution >= 0.6 is 15.9 Å². The summed E-state index contributed by atoms with van der Waals surface area (Å²) in [6.07, 6.45) is 0.896. The molecule has 0 saturated carbocycles. The number of halogens is 1. The number of hydrogen-bond donors (Lipinski definition) is 2. The summed E-state index contributed by atoms with van der Waals surface area (Å²) in [6.45, 7) is 1.60. The lowest BCUT2D eigenvalue weighted by Crippen LogP contribution is -2.37. The molecule has 1 aliphatic rings. The summed E-state index contributed by atoms with van der Waals surface area (Å²) in [5.41, 5.74) is 2.68. The highest BCUT2D eigenvalue weighted by Crippen LogP contribution is 2.26. The fraction of sp³-hybridized carbons (Fsp3) is 0.238. The molecule has 144 valence electrons. The summed E-state index contributed by atoms with van der Waals surface area (Å²) in [4.78, 5) is 14.6. The first-order valence-corrected chi connectivity index (χ1v) is 9.93. The number of hydrogen-bond acceptors (Lipinski definition) is 4. The van der Waals surface area contributed by atoms with Crippen LogP contribution in [0.4, 0.5) is 5.82 Å². The molecule has 2 aromatic carbocycles. The Morgan fingerprint density at radius 3 is 2.68 bits per heavy atom. The van der Waals surface area contributed by atoms with Gasteiger partial charge in [0.05, 0.1) is 12.8 Å². The second-order valence-corrected chi connectivity index (χ2v) is 7.70. The van der Waals surface area contributed by atoms with Gasteiger partial charge in [-0.15, -0.1) is 0 Å². The summed E-state index contributed by atoms with van der Waals surface area (Å²) < 4.78 is 6.16. The molecule has 0 spiro atoms. The number of methoxy groups -OCH3 is 1. The minimum absolute atomic E-state index is 0.0414. The van der Waals surface area contributed by atoms with Crippen molar-refractivity contribution >= 4 is 27.7 Å². The maximum absolute atomic E-state index is 12.4. The molecule has 1 aromatic heterocycles. The van der Waals surface area contributed by atoms with Crippen LogP contribution in [0.15, 0.2) is 59.1 Å². The van der Waals surface area contributed by atoms with Crippen molar-refractivity contribution in [2.24, 2.45) is 0 Å². The lowest BCUT2D eigenvalue weighted by Gasteiger charge is -2.16. The highest BCUT2D eigenvalue weighted by Gasteiger charge is 2.26. The van der Waals surface area contributed by atoms with Crippen LogP contribution < -0.4 is 15.0 Å². The first-order chi connectivity index (χ1) is 13.6. The zero-order chi connectivity index (χ0) is 19.5. The van der Waals surface area contributed by atoms with Crippen molar-refractivity contribution < 1.29 is 9.53 Å². The molecule has 28 heavy (non-hydrogen) atoms. The summed E-state index contributed by atoms with van der Waals surface area (Å²) in [5.74, 6) is 1.68. The van der Waals surface area contributed by atoms with Crippen LogP contribution in [0, 0.1) is 0 Å². The minimum atomic E-state index is -0.0414. The second kappa shape index (κ2) is 8.06. The van der Waals surface area contributed by atoms with E-state index in [1.165, 1.54) is 0 Å². The lowest BCUT2D eigenvalue weighted by molar-refractivity contribution is 0.0940. The number of nitrogens with zero attached hydrogens (tertiary/aromatic N) is 2. The van der Waals surface area contributed by atoms with Crippen LogP contribution in [0.3, 0.4) is 0 Å². The quantitative estimate of drug-likeness (QED) is 0.631. The number of carbonyl (C=O) groups is 1. The van der Waals surface area contributed by atoms with Gasteiger partial charge in [0.15, 0.2) is 5.82 Å². The lowest BCUT2D eigenvalue weighted by atomic mass is 10.1. The number of carbonyl (C=O) groups excluding carboxylic acids is 1. The molecule has 4 rings (SSSR count). The first kappa shape index (κ1) is 18.6. The second-order valence-electron chi connectivity index (χ2n) is 6.78. The van der Waals surface area contributed by atoms with E-state index in [0.29, 0.717) is 5.56 Å². The van der Waals surface area contributed by atoms with Gasteiger partial charge in [0, 0.05) is 35.2 Å². The Hall–Kier alpha value is -2.80. The average Bonchev–Trinajstić information content (AvgIpc) is 3.38. The monoisotopic (exact) mass is 440 g/mol. The third-order valence-corrected chi connectivity index (χ3v) is 5.45. The van der Waals surface area contributed by atoms with E-state index in [2.05, 4.69) is 36.3 Å². The van der Waals surface area contributed by atoms with Crippen LogP contribution in [0.5, 0.6) is 5.75 Å². The highest BCUT2D eigenvalue weighted by molar-refractivity contribution is 9.10. The van der Waals surface area contributed by atoms with E-state index in [1.807, 2.05) is 54.6 Å². The fourth-order valence-electron chi connectivity index (χ4n) is 3.35. The van der Waals surface area contributed by atoms with Gasteiger partial charge >= 0.3 is 0 Å². The number of rotatable bonds is 5. The topological polar surface area (TPSA) is 70.2 Å². The van der Waals surface area contributed by atoms with Crippen molar-refractivity contribution in [2.75, 3.05) is 25.1 Å². The molecule has 7 heteroatoms. The normalized spacial score (nSPS) is 16.2. The van der Waals surface area contributed by atoms with Gasteiger partial charge < -0.3 is 15.0 Å². The molecule has 1 atom stereocenters. The van der Waals surface area contributed by atoms with Crippen molar-refractivity contribution in [3.8, 4) is 17.0 Å². The Labute approximate surface area is 172 Å². The van der Waals surface area contributed by atoms with E-state index >= 15 is 0 Å². The molecule has 0 radical (unpaired) electrons. The van der Waals surface area contributed by atoms with Crippen molar-refractivity contribution in [3.05, 3.63) is 64.6 Å². The van der Waals surface area contributed by atoms with Crippen LogP contribution in [0.1, 0.15) is 16.8 Å². The van der Waals surface area contributed by atoms with Gasteiger partial charge in [0.2, 0.25) is 0 Å². The van der Waals surface area contributed by atoms with Crippen LogP contribution in [0.25, 0.3) is 11.3 Å². The van der Waals surface area contributed by atoms with Gasteiger partial charge in [-0.05, 0) is 60.5 Å². The maximum atomic E-state index is 12.4. The summed E-state index contributed by atoms with van der Waals surface area (Å²) in [5, 5.41) is 10.7. The van der Waals surface area contributed by atoms with Crippen LogP contribution in [0.2, 0.25) is 0 Å². The Kier molecular flexibility index (Phi) is 5.34. The SMILES string of the molecule is COc1ccc(-c2cc(N3CCC(NC(=O)c4ccc(Br)cc4)C3)n[nH]2)cc1. The Morgan fingerprint density at radius 1 is 1.21 bits per heavy atom. The minimum Gasteiger partial charge on any atom is -0.497 e. The molecule has 0 aliphatic carbocycles. The highest BCUT2D eigenvalue weighted by atomic mass is 79.9. The van der Waals surface area contributed by atoms with Crippen molar-refractivity contribution in [1.29, 1.82) is 0 Å². The van der Waals surface area contributed by atoms with Gasteiger partial charge in [0.1, 0.15) is 5.75 Å². The molecule has 6 nitrogen and oxygen atoms in total. The van der Waals surface area contributed by atoms with E-state index < -0.39 is 0 Å². The largest absolute Gasteiger partial charge is 0.497 e. The van der Waals surface area contributed by atoms with E-state index in [-0.39, 0.29) is 11.9 Å². The van der Waals surface area contributed by atoms with Crippen molar-refractivity contribution in [1.82, 2.24) is 15.5 Å². The predicted octanol–water partition coefficient (Wildman–Crippen LogP) is 3.86. The molecule has 1 unspecified atom stereocenters. The summed E-state index contributed by atoms with van der Waals surface area (Å²) in [6, 6.07) is 17.4. The molecule has 2 N–H and O–H groups in total. The Bertz CT molecular complexity index is 953. The molecular formula is C21H21BrN4O2. The number of anilines is 1. The maximum Gasteiger partial charge on any atom is 0.251 e. The fourth-order valence-corrected chi connectivity index (χ4v) is 3.61. The number of amides is 1. The van der Waals surface area contributed by atoms with Crippen molar-refractivity contribution in [2.45, 2.75) is 12.5 Å². The number of ether oxygens (including phenoxy) is 1. The number of aromatic amines is 1. The van der Waals surface area contributed by atoms with Crippen LogP contribution in [-0.2, 0) is 0 Å². The van der Waals surface area contributed by atoms with E-state index in [9.17, 15) is 4.79 Å². The third-order valence-electron chi connectivity index (χ3n) is 4.92. The Morgan fingerprint density at radius 2 is 1.96 bits per heavy atom. The molecule has 1 aliphatic heterocycles. The predicted molar refractivity (Wildman–Crippen MR) is 113 cm³/mol. The molecule has 3 aromatic rings. The molecule has 2 heterocycles. The van der Waals surface area contributed by atoms with Gasteiger partial charge in [-0.1, -0.05) is 15.9 Å². The van der Waals surface area contributed by atoms with Gasteiger partial charge in [-0.25, -0.2) is 0 Å². The van der Waals surface area contributed by atoms with Gasteiger partial charge in [-0.3, -0.25) is 9.89 Å². The summed E-state index contributed by atoms with van der Waals surface area (Å²) in [7, 11) is 1.66. The first-order valence-electron chi connectivity index (χ1n) is 9.13. The number of nitrogens with one attached hydrogen (secondary N) is 2. The standard InChI is InChI=1S/C21H21BrN4O2/c1-28-18-8-4-14(5-9-18)19-12-20(25-24-19)26-11-10-17(13-26)23-21(27)15-2-6-16(22)7-3-15/h2-9,12,17H,10-11,13H2,1H3,(H,23,27)(H,24,25). The molecule has 1 saturated heterocycles. The van der Waals surface area contributed by atoms with E-state index in [0.717, 1.165) is 46.8 Å². The zero-order valence-corrected chi connectivity index (χ0v) is 17.1. The van der Waals surface area contributed by atoms with Crippen molar-refractivity contribution in [3.63, 3.8) is 0 Å². The van der Waals surface area contributed by atoms with Crippen LogP contribution in [-0.4, -0.2) is 42.3 Å². The summed E-state index contributed by atoms with van der Waals surface area (Å²) >= 11 is 3.39. The van der Waals surface area contributed by atoms with Gasteiger partial charge in [-0.2, -0.15) is 5.10 Å². The smallest absolute Gasteiger partial charge is 0.251 e. The molecule has 1 amide bonds. The molecule has 1 fully saturated rings. The number of H-pyrrole nitrogens is 1. The molecule has 0 bridgehead atoms. The van der Waals surface area contributed by atoms with Gasteiger partial charge in [0.25, 0.3) is 5.91 Å². The van der Waals surface area contributed by atoms with E-state index in [4.69, 9.17) is 4.74 Å². The zero-order valence-electron chi connectivity index (χ0n) is 15.5.